The Bertz CT molecular complexity index is 867. The van der Waals surface area contributed by atoms with Gasteiger partial charge in [0.05, 0.1) is 0 Å². The molecule has 2 aromatic heterocycles. The summed E-state index contributed by atoms with van der Waals surface area (Å²) in [5.41, 5.74) is 6.87. The highest BCUT2D eigenvalue weighted by Gasteiger charge is 2.12. The minimum Gasteiger partial charge on any atom is -0.264 e. The van der Waals surface area contributed by atoms with E-state index in [0.29, 0.717) is 0 Å². The van der Waals surface area contributed by atoms with Crippen molar-refractivity contribution in [1.82, 2.24) is 9.97 Å². The molecule has 0 N–H and O–H groups in total. The summed E-state index contributed by atoms with van der Waals surface area (Å²) in [6.07, 6.45) is 7.52. The van der Waals surface area contributed by atoms with Crippen molar-refractivity contribution in [1.29, 1.82) is 0 Å². The molecule has 4 rings (SSSR count). The Morgan fingerprint density at radius 2 is 0.833 bits per heavy atom. The van der Waals surface area contributed by atoms with Gasteiger partial charge < -0.3 is 0 Å². The van der Waals surface area contributed by atoms with E-state index in [4.69, 9.17) is 0 Å². The van der Waals surface area contributed by atoms with E-state index in [1.54, 1.807) is 0 Å². The third kappa shape index (κ3) is 2.70. The Balaban J connectivity index is 1.93. The number of aromatic nitrogens is 2. The van der Waals surface area contributed by atoms with Gasteiger partial charge in [-0.3, -0.25) is 9.97 Å². The molecule has 0 atom stereocenters. The molecule has 2 nitrogen and oxygen atoms in total. The molecule has 0 aliphatic rings. The molecule has 0 amide bonds. The lowest BCUT2D eigenvalue weighted by atomic mass is 9.92. The fourth-order valence-electron chi connectivity index (χ4n) is 2.96. The predicted molar refractivity (Wildman–Crippen MR) is 98.3 cm³/mol. The molecule has 0 radical (unpaired) electrons. The van der Waals surface area contributed by atoms with Crippen LogP contribution in [0.25, 0.3) is 33.4 Å². The summed E-state index contributed by atoms with van der Waals surface area (Å²) in [5.74, 6) is 0. The van der Waals surface area contributed by atoms with E-state index in [9.17, 15) is 0 Å². The first kappa shape index (κ1) is 14.3. The number of hydrogen-bond acceptors (Lipinski definition) is 2. The second-order valence-electron chi connectivity index (χ2n) is 5.57. The van der Waals surface area contributed by atoms with E-state index < -0.39 is 0 Å². The molecule has 24 heavy (non-hydrogen) atoms. The highest BCUT2D eigenvalue weighted by atomic mass is 14.6. The van der Waals surface area contributed by atoms with Gasteiger partial charge in [-0.05, 0) is 34.4 Å². The Morgan fingerprint density at radius 1 is 0.417 bits per heavy atom. The van der Waals surface area contributed by atoms with Crippen LogP contribution in [0.4, 0.5) is 0 Å². The van der Waals surface area contributed by atoms with E-state index in [-0.39, 0.29) is 0 Å². The Kier molecular flexibility index (Phi) is 3.86. The van der Waals surface area contributed by atoms with Gasteiger partial charge in [0, 0.05) is 35.9 Å². The van der Waals surface area contributed by atoms with Crippen LogP contribution < -0.4 is 0 Å². The lowest BCUT2D eigenvalue weighted by Crippen LogP contribution is -1.91. The number of nitrogens with zero attached hydrogens (tertiary/aromatic N) is 2. The van der Waals surface area contributed by atoms with E-state index >= 15 is 0 Å². The summed E-state index contributed by atoms with van der Waals surface area (Å²) in [6.45, 7) is 0. The quantitative estimate of drug-likeness (QED) is 0.501. The summed E-state index contributed by atoms with van der Waals surface area (Å²) in [4.78, 5) is 8.71. The largest absolute Gasteiger partial charge is 0.264 e. The second-order valence-corrected chi connectivity index (χ2v) is 5.57. The van der Waals surface area contributed by atoms with Gasteiger partial charge >= 0.3 is 0 Å². The molecule has 0 aliphatic heterocycles. The van der Waals surface area contributed by atoms with Gasteiger partial charge in [0.25, 0.3) is 0 Å². The van der Waals surface area contributed by atoms with Crippen molar-refractivity contribution in [2.45, 2.75) is 0 Å². The van der Waals surface area contributed by atoms with Crippen LogP contribution in [0.5, 0.6) is 0 Å². The third-order valence-corrected chi connectivity index (χ3v) is 4.10. The lowest BCUT2D eigenvalue weighted by Gasteiger charge is -2.13. The van der Waals surface area contributed by atoms with Gasteiger partial charge in [0.15, 0.2) is 0 Å². The Morgan fingerprint density at radius 3 is 1.25 bits per heavy atom. The zero-order valence-corrected chi connectivity index (χ0v) is 13.1. The first-order chi connectivity index (χ1) is 11.9. The molecule has 2 heteroatoms. The highest BCUT2D eigenvalue weighted by Crippen LogP contribution is 2.36. The van der Waals surface area contributed by atoms with Crippen molar-refractivity contribution < 1.29 is 0 Å². The Labute approximate surface area is 141 Å². The van der Waals surface area contributed by atoms with Gasteiger partial charge in [-0.15, -0.1) is 0 Å². The summed E-state index contributed by atoms with van der Waals surface area (Å²) >= 11 is 0. The van der Waals surface area contributed by atoms with E-state index in [0.717, 1.165) is 22.3 Å². The van der Waals surface area contributed by atoms with Crippen LogP contribution >= 0.6 is 0 Å². The van der Waals surface area contributed by atoms with Crippen LogP contribution in [0.15, 0.2) is 97.6 Å². The molecule has 0 aliphatic carbocycles. The van der Waals surface area contributed by atoms with Gasteiger partial charge in [-0.25, -0.2) is 0 Å². The van der Waals surface area contributed by atoms with Crippen molar-refractivity contribution in [3.63, 3.8) is 0 Å². The minimum atomic E-state index is 1.09. The second kappa shape index (κ2) is 6.47. The molecule has 0 bridgehead atoms. The molecular weight excluding hydrogens is 292 g/mol. The highest BCUT2D eigenvalue weighted by molar-refractivity contribution is 5.90. The molecule has 0 fully saturated rings. The monoisotopic (exact) mass is 308 g/mol. The van der Waals surface area contributed by atoms with Crippen LogP contribution in [0.2, 0.25) is 0 Å². The van der Waals surface area contributed by atoms with Crippen LogP contribution in [0, 0.1) is 0 Å². The van der Waals surface area contributed by atoms with Crippen molar-refractivity contribution >= 4 is 0 Å². The molecule has 4 aromatic rings. The average molecular weight is 308 g/mol. The van der Waals surface area contributed by atoms with E-state index in [1.165, 1.54) is 11.1 Å². The number of hydrogen-bond donors (Lipinski definition) is 0. The van der Waals surface area contributed by atoms with Crippen LogP contribution in [-0.4, -0.2) is 9.97 Å². The van der Waals surface area contributed by atoms with Gasteiger partial charge in [0.2, 0.25) is 0 Å². The zero-order valence-electron chi connectivity index (χ0n) is 13.1. The molecule has 0 unspecified atom stereocenters. The maximum Gasteiger partial charge on any atom is 0.0353 e. The van der Waals surface area contributed by atoms with Crippen LogP contribution in [-0.2, 0) is 0 Å². The smallest absolute Gasteiger partial charge is 0.0353 e. The summed E-state index contributed by atoms with van der Waals surface area (Å²) < 4.78 is 0. The average Bonchev–Trinajstić information content (AvgIpc) is 2.69. The fourth-order valence-corrected chi connectivity index (χ4v) is 2.96. The molecule has 2 aromatic carbocycles. The van der Waals surface area contributed by atoms with Gasteiger partial charge in [0.1, 0.15) is 0 Å². The SMILES string of the molecule is c1ccc(-c2ccncc2-c2cnccc2-c2ccccc2)cc1. The number of rotatable bonds is 3. The zero-order chi connectivity index (χ0) is 16.2. The standard InChI is InChI=1S/C22H16N2/c1-3-7-17(8-4-1)19-11-13-23-15-21(19)22-16-24-14-12-20(22)18-9-5-2-6-10-18/h1-16H. The molecule has 0 saturated heterocycles. The maximum atomic E-state index is 4.35. The molecule has 114 valence electrons. The van der Waals surface area contributed by atoms with E-state index in [1.807, 2.05) is 36.9 Å². The molecule has 0 spiro atoms. The molecule has 0 saturated carbocycles. The normalized spacial score (nSPS) is 10.5. The van der Waals surface area contributed by atoms with E-state index in [2.05, 4.69) is 70.6 Å². The van der Waals surface area contributed by atoms with Gasteiger partial charge in [-0.2, -0.15) is 0 Å². The lowest BCUT2D eigenvalue weighted by molar-refractivity contribution is 1.30. The van der Waals surface area contributed by atoms with Crippen LogP contribution in [0.1, 0.15) is 0 Å². The number of pyridine rings is 2. The van der Waals surface area contributed by atoms with Crippen molar-refractivity contribution in [2.75, 3.05) is 0 Å². The first-order valence-electron chi connectivity index (χ1n) is 7.93. The van der Waals surface area contributed by atoms with Crippen molar-refractivity contribution in [3.8, 4) is 33.4 Å². The van der Waals surface area contributed by atoms with Crippen LogP contribution in [0.3, 0.4) is 0 Å². The topological polar surface area (TPSA) is 25.8 Å². The van der Waals surface area contributed by atoms with Crippen molar-refractivity contribution in [2.24, 2.45) is 0 Å². The molecule has 2 heterocycles. The summed E-state index contributed by atoms with van der Waals surface area (Å²) in [7, 11) is 0. The fraction of sp³-hybridized carbons (Fsp3) is 0. The first-order valence-corrected chi connectivity index (χ1v) is 7.93. The minimum absolute atomic E-state index is 1.09. The van der Waals surface area contributed by atoms with Crippen molar-refractivity contribution in [3.05, 3.63) is 97.6 Å². The predicted octanol–water partition coefficient (Wildman–Crippen LogP) is 5.48. The summed E-state index contributed by atoms with van der Waals surface area (Å²) in [6, 6.07) is 24.9. The number of benzene rings is 2. The summed E-state index contributed by atoms with van der Waals surface area (Å²) in [5, 5.41) is 0. The molecular formula is C22H16N2. The maximum absolute atomic E-state index is 4.35. The Hall–Kier alpha value is -3.26. The van der Waals surface area contributed by atoms with Gasteiger partial charge in [-0.1, -0.05) is 60.7 Å². The third-order valence-electron chi connectivity index (χ3n) is 4.10.